The number of hydrogen-bond acceptors (Lipinski definition) is 5. The van der Waals surface area contributed by atoms with Crippen LogP contribution in [0.1, 0.15) is 11.4 Å². The molecule has 0 aliphatic rings. The molecule has 2 rings (SSSR count). The first-order valence-electron chi connectivity index (χ1n) is 8.15. The van der Waals surface area contributed by atoms with E-state index in [2.05, 4.69) is 14.9 Å². The molecule has 0 spiro atoms. The van der Waals surface area contributed by atoms with Crippen LogP contribution in [0.3, 0.4) is 0 Å². The first kappa shape index (κ1) is 19.3. The number of benzene rings is 1. The van der Waals surface area contributed by atoms with Crippen molar-refractivity contribution in [3.05, 3.63) is 35.7 Å². The maximum atomic E-state index is 12.2. The lowest BCUT2D eigenvalue weighted by Crippen LogP contribution is -2.15. The minimum atomic E-state index is -0.0424. The quantitative estimate of drug-likeness (QED) is 0.732. The molecular formula is C18H26N4O2S. The Morgan fingerprint density at radius 3 is 2.56 bits per heavy atom. The number of methoxy groups -OCH3 is 1. The lowest BCUT2D eigenvalue weighted by molar-refractivity contribution is -0.113. The lowest BCUT2D eigenvalue weighted by Gasteiger charge is -2.13. The van der Waals surface area contributed by atoms with Crippen molar-refractivity contribution >= 4 is 29.0 Å². The zero-order chi connectivity index (χ0) is 18.4. The second kappa shape index (κ2) is 8.92. The van der Waals surface area contributed by atoms with E-state index in [9.17, 15) is 4.79 Å². The van der Waals surface area contributed by atoms with E-state index in [0.717, 1.165) is 34.5 Å². The van der Waals surface area contributed by atoms with Gasteiger partial charge >= 0.3 is 0 Å². The lowest BCUT2D eigenvalue weighted by atomic mass is 10.2. The van der Waals surface area contributed by atoms with Crippen LogP contribution in [0, 0.1) is 13.8 Å². The Hall–Kier alpha value is -1.99. The molecule has 7 heteroatoms. The molecule has 0 aliphatic carbocycles. The van der Waals surface area contributed by atoms with Gasteiger partial charge in [0.15, 0.2) is 5.16 Å². The fourth-order valence-electron chi connectivity index (χ4n) is 2.35. The van der Waals surface area contributed by atoms with E-state index < -0.39 is 0 Å². The molecule has 1 amide bonds. The number of nitrogens with zero attached hydrogens (tertiary/aromatic N) is 3. The first-order chi connectivity index (χ1) is 11.9. The van der Waals surface area contributed by atoms with Crippen molar-refractivity contribution in [2.75, 3.05) is 43.8 Å². The molecule has 2 aromatic rings. The van der Waals surface area contributed by atoms with Crippen LogP contribution in [0.5, 0.6) is 0 Å². The first-order valence-corrected chi connectivity index (χ1v) is 9.13. The molecule has 1 heterocycles. The highest BCUT2D eigenvalue weighted by atomic mass is 32.2. The van der Waals surface area contributed by atoms with Gasteiger partial charge in [-0.1, -0.05) is 11.8 Å². The van der Waals surface area contributed by atoms with Crippen molar-refractivity contribution in [3.8, 4) is 0 Å². The number of anilines is 2. The average Bonchev–Trinajstić information content (AvgIpc) is 2.85. The summed E-state index contributed by atoms with van der Waals surface area (Å²) >= 11 is 1.44. The minimum absolute atomic E-state index is 0.0424. The molecule has 0 radical (unpaired) electrons. The highest BCUT2D eigenvalue weighted by Gasteiger charge is 2.13. The molecule has 1 N–H and O–H groups in total. The molecule has 1 aromatic heterocycles. The largest absolute Gasteiger partial charge is 0.383 e. The van der Waals surface area contributed by atoms with Crippen LogP contribution in [0.25, 0.3) is 0 Å². The number of nitrogens with one attached hydrogen (secondary N) is 1. The Balaban J connectivity index is 1.94. The normalized spacial score (nSPS) is 10.8. The molecule has 0 saturated heterocycles. The van der Waals surface area contributed by atoms with Crippen LogP contribution in [-0.4, -0.2) is 49.0 Å². The van der Waals surface area contributed by atoms with Gasteiger partial charge in [-0.05, 0) is 38.1 Å². The number of hydrogen-bond donors (Lipinski definition) is 1. The van der Waals surface area contributed by atoms with Gasteiger partial charge in [0.05, 0.1) is 18.1 Å². The summed E-state index contributed by atoms with van der Waals surface area (Å²) in [5.74, 6) is 0.275. The molecule has 6 nitrogen and oxygen atoms in total. The number of ether oxygens (including phenoxy) is 1. The topological polar surface area (TPSA) is 59.4 Å². The van der Waals surface area contributed by atoms with Crippen LogP contribution < -0.4 is 10.2 Å². The molecular weight excluding hydrogens is 336 g/mol. The van der Waals surface area contributed by atoms with Gasteiger partial charge in [-0.25, -0.2) is 4.98 Å². The van der Waals surface area contributed by atoms with Gasteiger partial charge in [0.1, 0.15) is 0 Å². The summed E-state index contributed by atoms with van der Waals surface area (Å²) in [4.78, 5) is 18.8. The molecule has 0 unspecified atom stereocenters. The smallest absolute Gasteiger partial charge is 0.234 e. The molecule has 0 aliphatic heterocycles. The number of aromatic nitrogens is 2. The summed E-state index contributed by atoms with van der Waals surface area (Å²) in [6.45, 7) is 5.37. The van der Waals surface area contributed by atoms with Crippen LogP contribution >= 0.6 is 11.8 Å². The molecule has 0 atom stereocenters. The molecule has 1 aromatic carbocycles. The molecule has 0 bridgehead atoms. The Morgan fingerprint density at radius 1 is 1.28 bits per heavy atom. The summed E-state index contributed by atoms with van der Waals surface area (Å²) in [7, 11) is 5.65. The number of carbonyl (C=O) groups excluding carboxylic acids is 1. The highest BCUT2D eigenvalue weighted by Crippen LogP contribution is 2.22. The summed E-state index contributed by atoms with van der Waals surface area (Å²) in [6.07, 6.45) is 0. The average molecular weight is 362 g/mol. The summed E-state index contributed by atoms with van der Waals surface area (Å²) < 4.78 is 7.26. The van der Waals surface area contributed by atoms with E-state index in [1.807, 2.05) is 57.1 Å². The SMILES string of the molecule is COCCn1c(SCC(=O)Nc2ccc(N(C)C)cc2)nc(C)c1C. The Bertz CT molecular complexity index is 711. The summed E-state index contributed by atoms with van der Waals surface area (Å²) in [5.41, 5.74) is 3.99. The monoisotopic (exact) mass is 362 g/mol. The fraction of sp³-hybridized carbons (Fsp3) is 0.444. The summed E-state index contributed by atoms with van der Waals surface area (Å²) in [5, 5.41) is 3.77. The second-order valence-corrected chi connectivity index (χ2v) is 6.93. The molecule has 0 saturated carbocycles. The van der Waals surface area contributed by atoms with Gasteiger partial charge < -0.3 is 19.5 Å². The van der Waals surface area contributed by atoms with E-state index in [4.69, 9.17) is 4.74 Å². The van der Waals surface area contributed by atoms with Crippen molar-refractivity contribution in [2.45, 2.75) is 25.5 Å². The predicted molar refractivity (Wildman–Crippen MR) is 104 cm³/mol. The number of thioether (sulfide) groups is 1. The van der Waals surface area contributed by atoms with Crippen molar-refractivity contribution in [1.82, 2.24) is 9.55 Å². The molecule has 0 fully saturated rings. The van der Waals surface area contributed by atoms with Crippen LogP contribution in [0.2, 0.25) is 0 Å². The maximum absolute atomic E-state index is 12.2. The van der Waals surface area contributed by atoms with Gasteiger partial charge in [0.2, 0.25) is 5.91 Å². The van der Waals surface area contributed by atoms with E-state index in [-0.39, 0.29) is 5.91 Å². The van der Waals surface area contributed by atoms with Gasteiger partial charge in [-0.2, -0.15) is 0 Å². The maximum Gasteiger partial charge on any atom is 0.234 e. The Kier molecular flexibility index (Phi) is 6.90. The third-order valence-electron chi connectivity index (χ3n) is 3.94. The van der Waals surface area contributed by atoms with Gasteiger partial charge in [0.25, 0.3) is 0 Å². The van der Waals surface area contributed by atoms with Crippen molar-refractivity contribution in [1.29, 1.82) is 0 Å². The number of imidazole rings is 1. The number of rotatable bonds is 8. The highest BCUT2D eigenvalue weighted by molar-refractivity contribution is 7.99. The van der Waals surface area contributed by atoms with Crippen LogP contribution in [0.4, 0.5) is 11.4 Å². The third kappa shape index (κ3) is 5.24. The van der Waals surface area contributed by atoms with E-state index in [0.29, 0.717) is 12.4 Å². The second-order valence-electron chi connectivity index (χ2n) is 5.99. The van der Waals surface area contributed by atoms with Crippen molar-refractivity contribution in [2.24, 2.45) is 0 Å². The van der Waals surface area contributed by atoms with E-state index in [1.165, 1.54) is 11.8 Å². The predicted octanol–water partition coefficient (Wildman–Crippen LogP) is 2.94. The third-order valence-corrected chi connectivity index (χ3v) is 4.92. The number of aryl methyl sites for hydroxylation is 1. The fourth-order valence-corrected chi connectivity index (χ4v) is 3.27. The molecule has 25 heavy (non-hydrogen) atoms. The number of amides is 1. The molecule has 136 valence electrons. The minimum Gasteiger partial charge on any atom is -0.383 e. The van der Waals surface area contributed by atoms with Gasteiger partial charge in [0, 0.05) is 44.8 Å². The standard InChI is InChI=1S/C18H26N4O2S/c1-13-14(2)22(10-11-24-5)18(19-13)25-12-17(23)20-15-6-8-16(9-7-15)21(3)4/h6-9H,10-12H2,1-5H3,(H,20,23). The van der Waals surface area contributed by atoms with Crippen LogP contribution in [-0.2, 0) is 16.1 Å². The Labute approximate surface area is 153 Å². The van der Waals surface area contributed by atoms with Gasteiger partial charge in [-0.3, -0.25) is 4.79 Å². The zero-order valence-electron chi connectivity index (χ0n) is 15.5. The van der Waals surface area contributed by atoms with Gasteiger partial charge in [-0.15, -0.1) is 0 Å². The van der Waals surface area contributed by atoms with E-state index >= 15 is 0 Å². The summed E-state index contributed by atoms with van der Waals surface area (Å²) in [6, 6.07) is 7.78. The zero-order valence-corrected chi connectivity index (χ0v) is 16.3. The van der Waals surface area contributed by atoms with Crippen LogP contribution in [0.15, 0.2) is 29.4 Å². The van der Waals surface area contributed by atoms with Crippen molar-refractivity contribution in [3.63, 3.8) is 0 Å². The number of carbonyl (C=O) groups is 1. The van der Waals surface area contributed by atoms with Crippen molar-refractivity contribution < 1.29 is 9.53 Å². The van der Waals surface area contributed by atoms with E-state index in [1.54, 1.807) is 7.11 Å². The Morgan fingerprint density at radius 2 is 1.96 bits per heavy atom.